The molecule has 0 aliphatic carbocycles. The fourth-order valence-corrected chi connectivity index (χ4v) is 5.00. The van der Waals surface area contributed by atoms with Gasteiger partial charge in [0.2, 0.25) is 10.0 Å². The Labute approximate surface area is 163 Å². The minimum Gasteiger partial charge on any atom is -0.336 e. The van der Waals surface area contributed by atoms with Crippen LogP contribution in [0, 0.1) is 0 Å². The molecule has 1 aliphatic heterocycles. The van der Waals surface area contributed by atoms with Gasteiger partial charge in [0.1, 0.15) is 0 Å². The lowest BCUT2D eigenvalue weighted by Crippen LogP contribution is -2.50. The number of piperazine rings is 1. The SMILES string of the molecule is O=C(c1cncc(Br)c1)N1CCN(S(=O)(=O)c2cccc(Br)c2)CC1. The highest BCUT2D eigenvalue weighted by Crippen LogP contribution is 2.22. The van der Waals surface area contributed by atoms with E-state index in [0.717, 1.165) is 4.47 Å². The number of carbonyl (C=O) groups is 1. The summed E-state index contributed by atoms with van der Waals surface area (Å²) in [5.74, 6) is -0.145. The van der Waals surface area contributed by atoms with Gasteiger partial charge in [-0.05, 0) is 40.2 Å². The third kappa shape index (κ3) is 4.11. The van der Waals surface area contributed by atoms with Crippen molar-refractivity contribution in [1.82, 2.24) is 14.2 Å². The zero-order valence-corrected chi connectivity index (χ0v) is 17.1. The summed E-state index contributed by atoms with van der Waals surface area (Å²) in [5.41, 5.74) is 0.484. The van der Waals surface area contributed by atoms with E-state index in [1.807, 2.05) is 0 Å². The molecule has 0 spiro atoms. The highest BCUT2D eigenvalue weighted by Gasteiger charge is 2.30. The number of nitrogens with zero attached hydrogens (tertiary/aromatic N) is 3. The van der Waals surface area contributed by atoms with Crippen molar-refractivity contribution in [1.29, 1.82) is 0 Å². The van der Waals surface area contributed by atoms with Crippen molar-refractivity contribution in [3.05, 3.63) is 57.2 Å². The second kappa shape index (κ2) is 7.53. The zero-order valence-electron chi connectivity index (χ0n) is 13.1. The molecule has 2 aromatic rings. The number of carbonyl (C=O) groups excluding carboxylic acids is 1. The predicted molar refractivity (Wildman–Crippen MR) is 101 cm³/mol. The molecule has 1 aliphatic rings. The molecule has 0 atom stereocenters. The first-order chi connectivity index (χ1) is 11.9. The highest BCUT2D eigenvalue weighted by atomic mass is 79.9. The standard InChI is InChI=1S/C16H15Br2N3O3S/c17-13-2-1-3-15(9-13)25(23,24)21-6-4-20(5-7-21)16(22)12-8-14(18)11-19-10-12/h1-3,8-11H,4-7H2. The molecule has 1 aromatic carbocycles. The van der Waals surface area contributed by atoms with Crippen molar-refractivity contribution in [3.8, 4) is 0 Å². The monoisotopic (exact) mass is 487 g/mol. The summed E-state index contributed by atoms with van der Waals surface area (Å²) in [6, 6.07) is 8.34. The van der Waals surface area contributed by atoms with Gasteiger partial charge in [0.25, 0.3) is 5.91 Å². The summed E-state index contributed by atoms with van der Waals surface area (Å²) in [4.78, 5) is 18.4. The molecule has 2 heterocycles. The van der Waals surface area contributed by atoms with E-state index in [2.05, 4.69) is 36.8 Å². The number of rotatable bonds is 3. The maximum absolute atomic E-state index is 12.7. The first-order valence-electron chi connectivity index (χ1n) is 7.53. The van der Waals surface area contributed by atoms with Crippen LogP contribution < -0.4 is 0 Å². The van der Waals surface area contributed by atoms with E-state index in [4.69, 9.17) is 0 Å². The fourth-order valence-electron chi connectivity index (χ4n) is 2.62. The van der Waals surface area contributed by atoms with E-state index in [1.54, 1.807) is 41.4 Å². The van der Waals surface area contributed by atoms with E-state index in [1.165, 1.54) is 10.5 Å². The van der Waals surface area contributed by atoms with E-state index in [0.29, 0.717) is 23.1 Å². The normalized spacial score (nSPS) is 16.0. The molecule has 0 bridgehead atoms. The molecular weight excluding hydrogens is 474 g/mol. The van der Waals surface area contributed by atoms with Crippen LogP contribution in [0.5, 0.6) is 0 Å². The smallest absolute Gasteiger partial charge is 0.255 e. The molecule has 1 fully saturated rings. The van der Waals surface area contributed by atoms with Crippen molar-refractivity contribution < 1.29 is 13.2 Å². The number of hydrogen-bond donors (Lipinski definition) is 0. The quantitative estimate of drug-likeness (QED) is 0.666. The Bertz CT molecular complexity index is 897. The first kappa shape index (κ1) is 18.5. The van der Waals surface area contributed by atoms with Gasteiger partial charge in [0.05, 0.1) is 10.5 Å². The molecule has 1 amide bonds. The van der Waals surface area contributed by atoms with Crippen molar-refractivity contribution in [2.24, 2.45) is 0 Å². The maximum atomic E-state index is 12.7. The topological polar surface area (TPSA) is 70.6 Å². The molecule has 9 heteroatoms. The van der Waals surface area contributed by atoms with Crippen LogP contribution in [0.2, 0.25) is 0 Å². The van der Waals surface area contributed by atoms with Gasteiger partial charge in [0.15, 0.2) is 0 Å². The average Bonchev–Trinajstić information content (AvgIpc) is 2.61. The number of benzene rings is 1. The van der Waals surface area contributed by atoms with E-state index in [9.17, 15) is 13.2 Å². The van der Waals surface area contributed by atoms with Gasteiger partial charge in [-0.3, -0.25) is 9.78 Å². The Hall–Kier alpha value is -1.29. The van der Waals surface area contributed by atoms with Gasteiger partial charge in [-0.1, -0.05) is 22.0 Å². The zero-order chi connectivity index (χ0) is 18.0. The van der Waals surface area contributed by atoms with Gasteiger partial charge in [-0.15, -0.1) is 0 Å². The molecule has 6 nitrogen and oxygen atoms in total. The molecule has 0 N–H and O–H groups in total. The van der Waals surface area contributed by atoms with Crippen LogP contribution in [-0.4, -0.2) is 54.7 Å². The third-order valence-electron chi connectivity index (χ3n) is 3.91. The molecule has 132 valence electrons. The van der Waals surface area contributed by atoms with E-state index < -0.39 is 10.0 Å². The molecular formula is C16H15Br2N3O3S. The van der Waals surface area contributed by atoms with Crippen LogP contribution in [-0.2, 0) is 10.0 Å². The molecule has 0 saturated carbocycles. The third-order valence-corrected chi connectivity index (χ3v) is 6.73. The van der Waals surface area contributed by atoms with Crippen molar-refractivity contribution in [2.45, 2.75) is 4.90 Å². The Kier molecular flexibility index (Phi) is 5.57. The second-order valence-corrected chi connectivity index (χ2v) is 9.31. The second-order valence-electron chi connectivity index (χ2n) is 5.55. The van der Waals surface area contributed by atoms with Crippen LogP contribution in [0.1, 0.15) is 10.4 Å². The summed E-state index contributed by atoms with van der Waals surface area (Å²) >= 11 is 6.59. The number of amides is 1. The number of pyridine rings is 1. The summed E-state index contributed by atoms with van der Waals surface area (Å²) in [7, 11) is -3.56. The summed E-state index contributed by atoms with van der Waals surface area (Å²) < 4.78 is 28.3. The van der Waals surface area contributed by atoms with Gasteiger partial charge in [-0.2, -0.15) is 4.31 Å². The Morgan fingerprint density at radius 3 is 2.36 bits per heavy atom. The van der Waals surface area contributed by atoms with Crippen LogP contribution in [0.4, 0.5) is 0 Å². The lowest BCUT2D eigenvalue weighted by Gasteiger charge is -2.34. The molecule has 25 heavy (non-hydrogen) atoms. The van der Waals surface area contributed by atoms with Crippen LogP contribution in [0.25, 0.3) is 0 Å². The summed E-state index contributed by atoms with van der Waals surface area (Å²) in [6.45, 7) is 1.22. The van der Waals surface area contributed by atoms with Crippen LogP contribution in [0.3, 0.4) is 0 Å². The molecule has 0 unspecified atom stereocenters. The Balaban J connectivity index is 1.70. The van der Waals surface area contributed by atoms with E-state index in [-0.39, 0.29) is 23.9 Å². The average molecular weight is 489 g/mol. The van der Waals surface area contributed by atoms with Crippen LogP contribution >= 0.6 is 31.9 Å². The predicted octanol–water partition coefficient (Wildman–Crippen LogP) is 2.75. The molecule has 1 aromatic heterocycles. The van der Waals surface area contributed by atoms with Crippen molar-refractivity contribution in [3.63, 3.8) is 0 Å². The molecule has 0 radical (unpaired) electrons. The molecule has 1 saturated heterocycles. The van der Waals surface area contributed by atoms with Gasteiger partial charge in [-0.25, -0.2) is 8.42 Å². The Morgan fingerprint density at radius 2 is 1.72 bits per heavy atom. The first-order valence-corrected chi connectivity index (χ1v) is 10.6. The lowest BCUT2D eigenvalue weighted by atomic mass is 10.2. The van der Waals surface area contributed by atoms with E-state index >= 15 is 0 Å². The summed E-state index contributed by atoms with van der Waals surface area (Å²) in [5, 5.41) is 0. The minimum atomic E-state index is -3.56. The largest absolute Gasteiger partial charge is 0.336 e. The van der Waals surface area contributed by atoms with Gasteiger partial charge < -0.3 is 4.90 Å². The summed E-state index contributed by atoms with van der Waals surface area (Å²) in [6.07, 6.45) is 3.12. The fraction of sp³-hybridized carbons (Fsp3) is 0.250. The number of aromatic nitrogens is 1. The maximum Gasteiger partial charge on any atom is 0.255 e. The lowest BCUT2D eigenvalue weighted by molar-refractivity contribution is 0.0697. The van der Waals surface area contributed by atoms with Gasteiger partial charge >= 0.3 is 0 Å². The number of sulfonamides is 1. The van der Waals surface area contributed by atoms with Crippen molar-refractivity contribution >= 4 is 47.8 Å². The number of hydrogen-bond acceptors (Lipinski definition) is 4. The van der Waals surface area contributed by atoms with Crippen LogP contribution in [0.15, 0.2) is 56.6 Å². The van der Waals surface area contributed by atoms with Gasteiger partial charge in [0, 0.05) is 47.5 Å². The van der Waals surface area contributed by atoms with Crippen molar-refractivity contribution in [2.75, 3.05) is 26.2 Å². The highest BCUT2D eigenvalue weighted by molar-refractivity contribution is 9.10. The molecule has 3 rings (SSSR count). The minimum absolute atomic E-state index is 0.145. The number of halogens is 2. The Morgan fingerprint density at radius 1 is 1.00 bits per heavy atom.